The summed E-state index contributed by atoms with van der Waals surface area (Å²) in [7, 11) is -1.92. The van der Waals surface area contributed by atoms with E-state index in [1.165, 1.54) is 13.1 Å². The zero-order valence-corrected chi connectivity index (χ0v) is 18.5. The van der Waals surface area contributed by atoms with Gasteiger partial charge in [-0.1, -0.05) is 49.2 Å². The van der Waals surface area contributed by atoms with Crippen LogP contribution in [-0.2, 0) is 33.7 Å². The number of carbonyl (C=O) groups is 1. The Bertz CT molecular complexity index is 966. The highest BCUT2D eigenvalue weighted by Crippen LogP contribution is 2.21. The third-order valence-corrected chi connectivity index (χ3v) is 6.13. The number of unbranched alkanes of at least 4 members (excludes halogenated alkanes) is 1. The van der Waals surface area contributed by atoms with Gasteiger partial charge in [-0.3, -0.25) is 9.48 Å². The first kappa shape index (κ1) is 23.1. The molecule has 0 aliphatic heterocycles. The second-order valence-corrected chi connectivity index (χ2v) is 8.98. The average Bonchev–Trinajstić information content (AvgIpc) is 2.96. The van der Waals surface area contributed by atoms with Gasteiger partial charge < -0.3 is 5.32 Å². The van der Waals surface area contributed by atoms with Crippen LogP contribution in [0.15, 0.2) is 30.3 Å². The van der Waals surface area contributed by atoms with Gasteiger partial charge >= 0.3 is 0 Å². The number of sulfonamides is 1. The number of aromatic nitrogens is 2. The SMILES string of the molecule is CCCCn1nc(C)c(/C=C/C(=O)NCc2ccc(CS(=O)(=O)NC)cc2)c1Cl. The van der Waals surface area contributed by atoms with Gasteiger partial charge in [0.1, 0.15) is 5.15 Å². The molecule has 29 heavy (non-hydrogen) atoms. The summed E-state index contributed by atoms with van der Waals surface area (Å²) in [5.74, 6) is -0.325. The molecule has 0 aliphatic carbocycles. The van der Waals surface area contributed by atoms with Gasteiger partial charge in [-0.2, -0.15) is 5.10 Å². The maximum Gasteiger partial charge on any atom is 0.244 e. The largest absolute Gasteiger partial charge is 0.348 e. The van der Waals surface area contributed by atoms with Crippen LogP contribution in [0.2, 0.25) is 5.15 Å². The molecule has 1 aromatic heterocycles. The number of carbonyl (C=O) groups excluding carboxylic acids is 1. The molecule has 0 spiro atoms. The Hall–Kier alpha value is -2.16. The zero-order valence-electron chi connectivity index (χ0n) is 16.9. The standard InChI is InChI=1S/C20H27ClN4O3S/c1-4-5-12-25-20(21)18(15(2)24-25)10-11-19(26)23-13-16-6-8-17(9-7-16)14-29(27,28)22-3/h6-11,22H,4-5,12-14H2,1-3H3,(H,23,26)/b11-10+. The van der Waals surface area contributed by atoms with Gasteiger partial charge in [0, 0.05) is 24.7 Å². The second kappa shape index (κ2) is 10.6. The Balaban J connectivity index is 1.92. The topological polar surface area (TPSA) is 93.1 Å². The fourth-order valence-electron chi connectivity index (χ4n) is 2.66. The van der Waals surface area contributed by atoms with Gasteiger partial charge in [-0.05, 0) is 37.6 Å². The predicted octanol–water partition coefficient (Wildman–Crippen LogP) is 3.02. The van der Waals surface area contributed by atoms with E-state index in [2.05, 4.69) is 22.1 Å². The lowest BCUT2D eigenvalue weighted by Gasteiger charge is -2.06. The lowest BCUT2D eigenvalue weighted by molar-refractivity contribution is -0.116. The molecule has 0 fully saturated rings. The minimum Gasteiger partial charge on any atom is -0.348 e. The molecular formula is C20H27ClN4O3S. The van der Waals surface area contributed by atoms with E-state index in [0.717, 1.165) is 36.2 Å². The van der Waals surface area contributed by atoms with Crippen molar-refractivity contribution in [1.29, 1.82) is 0 Å². The van der Waals surface area contributed by atoms with Crippen molar-refractivity contribution in [3.63, 3.8) is 0 Å². The van der Waals surface area contributed by atoms with Crippen LogP contribution < -0.4 is 10.0 Å². The van der Waals surface area contributed by atoms with Gasteiger partial charge in [-0.15, -0.1) is 0 Å². The van der Waals surface area contributed by atoms with Crippen molar-refractivity contribution in [3.05, 3.63) is 57.9 Å². The van der Waals surface area contributed by atoms with Crippen LogP contribution in [-0.4, -0.2) is 31.2 Å². The summed E-state index contributed by atoms with van der Waals surface area (Å²) in [6, 6.07) is 7.06. The summed E-state index contributed by atoms with van der Waals surface area (Å²) in [6.45, 7) is 5.06. The number of benzene rings is 1. The molecule has 2 N–H and O–H groups in total. The Labute approximate surface area is 177 Å². The molecular weight excluding hydrogens is 412 g/mol. The molecule has 1 amide bonds. The quantitative estimate of drug-likeness (QED) is 0.557. The van der Waals surface area contributed by atoms with Crippen molar-refractivity contribution < 1.29 is 13.2 Å². The lowest BCUT2D eigenvalue weighted by atomic mass is 10.1. The molecule has 1 heterocycles. The van der Waals surface area contributed by atoms with Crippen molar-refractivity contribution in [1.82, 2.24) is 19.8 Å². The summed E-state index contributed by atoms with van der Waals surface area (Å²) >= 11 is 6.36. The van der Waals surface area contributed by atoms with Crippen LogP contribution >= 0.6 is 11.6 Å². The van der Waals surface area contributed by atoms with Gasteiger partial charge in [0.2, 0.25) is 15.9 Å². The summed E-state index contributed by atoms with van der Waals surface area (Å²) in [5, 5.41) is 7.75. The highest BCUT2D eigenvalue weighted by Gasteiger charge is 2.11. The van der Waals surface area contributed by atoms with Crippen molar-refractivity contribution in [2.24, 2.45) is 0 Å². The minimum absolute atomic E-state index is 0.0784. The van der Waals surface area contributed by atoms with Gasteiger partial charge in [0.05, 0.1) is 11.4 Å². The Kier molecular flexibility index (Phi) is 8.43. The van der Waals surface area contributed by atoms with E-state index in [1.807, 2.05) is 6.92 Å². The molecule has 0 saturated heterocycles. The first-order valence-electron chi connectivity index (χ1n) is 9.43. The predicted molar refractivity (Wildman–Crippen MR) is 116 cm³/mol. The number of hydrogen-bond acceptors (Lipinski definition) is 4. The molecule has 0 unspecified atom stereocenters. The van der Waals surface area contributed by atoms with E-state index >= 15 is 0 Å². The van der Waals surface area contributed by atoms with Crippen molar-refractivity contribution >= 4 is 33.6 Å². The third-order valence-electron chi connectivity index (χ3n) is 4.39. The molecule has 9 heteroatoms. The average molecular weight is 439 g/mol. The molecule has 0 bridgehead atoms. The Morgan fingerprint density at radius 3 is 2.52 bits per heavy atom. The van der Waals surface area contributed by atoms with Crippen molar-refractivity contribution in [3.8, 4) is 0 Å². The van der Waals surface area contributed by atoms with Crippen LogP contribution in [0.5, 0.6) is 0 Å². The van der Waals surface area contributed by atoms with E-state index in [9.17, 15) is 13.2 Å². The number of rotatable bonds is 10. The summed E-state index contributed by atoms with van der Waals surface area (Å²) in [4.78, 5) is 12.1. The van der Waals surface area contributed by atoms with Crippen LogP contribution in [0.1, 0.15) is 42.1 Å². The van der Waals surface area contributed by atoms with Crippen LogP contribution in [0.3, 0.4) is 0 Å². The van der Waals surface area contributed by atoms with E-state index in [0.29, 0.717) is 17.3 Å². The van der Waals surface area contributed by atoms with E-state index in [4.69, 9.17) is 11.6 Å². The molecule has 2 aromatic rings. The van der Waals surface area contributed by atoms with Gasteiger partial charge in [0.25, 0.3) is 0 Å². The number of aryl methyl sites for hydroxylation is 2. The van der Waals surface area contributed by atoms with E-state index < -0.39 is 10.0 Å². The Morgan fingerprint density at radius 1 is 1.24 bits per heavy atom. The van der Waals surface area contributed by atoms with Crippen LogP contribution in [0.25, 0.3) is 6.08 Å². The lowest BCUT2D eigenvalue weighted by Crippen LogP contribution is -2.21. The first-order chi connectivity index (χ1) is 13.8. The molecule has 7 nitrogen and oxygen atoms in total. The molecule has 0 saturated carbocycles. The van der Waals surface area contributed by atoms with Gasteiger partial charge in [-0.25, -0.2) is 13.1 Å². The maximum atomic E-state index is 12.1. The van der Waals surface area contributed by atoms with Crippen molar-refractivity contribution in [2.45, 2.75) is 45.5 Å². The molecule has 2 rings (SSSR count). The normalized spacial score (nSPS) is 11.9. The zero-order chi connectivity index (χ0) is 21.4. The van der Waals surface area contributed by atoms with E-state index in [-0.39, 0.29) is 11.7 Å². The highest BCUT2D eigenvalue weighted by atomic mass is 35.5. The fourth-order valence-corrected chi connectivity index (χ4v) is 3.76. The minimum atomic E-state index is -3.30. The molecule has 0 atom stereocenters. The number of halogens is 1. The summed E-state index contributed by atoms with van der Waals surface area (Å²) in [6.07, 6.45) is 5.15. The Morgan fingerprint density at radius 2 is 1.90 bits per heavy atom. The van der Waals surface area contributed by atoms with Gasteiger partial charge in [0.15, 0.2) is 0 Å². The number of amides is 1. The highest BCUT2D eigenvalue weighted by molar-refractivity contribution is 7.88. The summed E-state index contributed by atoms with van der Waals surface area (Å²) < 4.78 is 27.2. The number of nitrogens with one attached hydrogen (secondary N) is 2. The van der Waals surface area contributed by atoms with Crippen LogP contribution in [0.4, 0.5) is 0 Å². The number of nitrogens with zero attached hydrogens (tertiary/aromatic N) is 2. The summed E-state index contributed by atoms with van der Waals surface area (Å²) in [5.41, 5.74) is 3.08. The molecule has 1 aromatic carbocycles. The smallest absolute Gasteiger partial charge is 0.244 e. The number of hydrogen-bond donors (Lipinski definition) is 2. The third kappa shape index (κ3) is 6.99. The van der Waals surface area contributed by atoms with Crippen molar-refractivity contribution in [2.75, 3.05) is 7.05 Å². The maximum absolute atomic E-state index is 12.1. The van der Waals surface area contributed by atoms with E-state index in [1.54, 1.807) is 35.0 Å². The molecule has 0 aliphatic rings. The molecule has 0 radical (unpaired) electrons. The van der Waals surface area contributed by atoms with Crippen LogP contribution in [0, 0.1) is 6.92 Å². The molecule has 158 valence electrons. The first-order valence-corrected chi connectivity index (χ1v) is 11.5. The fraction of sp³-hybridized carbons (Fsp3) is 0.400. The second-order valence-electron chi connectivity index (χ2n) is 6.70. The monoisotopic (exact) mass is 438 g/mol.